The fraction of sp³-hybridized carbons (Fsp3) is 1.00. The lowest BCUT2D eigenvalue weighted by Crippen LogP contribution is -2.42. The molecule has 15 heavy (non-hydrogen) atoms. The monoisotopic (exact) mass is 236 g/mol. The summed E-state index contributed by atoms with van der Waals surface area (Å²) in [7, 11) is -1.31. The molecule has 92 valence electrons. The number of rotatable bonds is 6. The zero-order valence-corrected chi connectivity index (χ0v) is 11.2. The van der Waals surface area contributed by atoms with Crippen molar-refractivity contribution in [1.29, 1.82) is 0 Å². The average Bonchev–Trinajstić information content (AvgIpc) is 2.01. The second-order valence-electron chi connectivity index (χ2n) is 4.98. The van der Waals surface area contributed by atoms with Crippen molar-refractivity contribution in [2.24, 2.45) is 5.41 Å². The first-order valence-corrected chi connectivity index (χ1v) is 6.99. The largest absolute Gasteiger partial charge is 0.320 e. The van der Waals surface area contributed by atoms with Crippen molar-refractivity contribution in [1.82, 2.24) is 10.0 Å². The molecule has 0 aliphatic rings. The minimum atomic E-state index is -3.13. The summed E-state index contributed by atoms with van der Waals surface area (Å²) in [4.78, 5) is 0. The Labute approximate surface area is 93.9 Å². The van der Waals surface area contributed by atoms with Crippen LogP contribution >= 0.6 is 0 Å². The Morgan fingerprint density at radius 2 is 1.80 bits per heavy atom. The predicted molar refractivity (Wildman–Crippen MR) is 64.4 cm³/mol. The van der Waals surface area contributed by atoms with Crippen LogP contribution in [0.25, 0.3) is 0 Å². The van der Waals surface area contributed by atoms with Gasteiger partial charge in [0.05, 0.1) is 5.75 Å². The Morgan fingerprint density at radius 3 is 2.20 bits per heavy atom. The van der Waals surface area contributed by atoms with Crippen LogP contribution in [-0.2, 0) is 10.0 Å². The molecular weight excluding hydrogens is 212 g/mol. The minimum absolute atomic E-state index is 0.0444. The molecule has 2 N–H and O–H groups in total. The van der Waals surface area contributed by atoms with E-state index in [4.69, 9.17) is 0 Å². The highest BCUT2D eigenvalue weighted by molar-refractivity contribution is 7.89. The third-order valence-corrected chi connectivity index (χ3v) is 4.03. The van der Waals surface area contributed by atoms with Crippen LogP contribution in [0.5, 0.6) is 0 Å². The van der Waals surface area contributed by atoms with Crippen LogP contribution in [-0.4, -0.2) is 33.8 Å². The molecule has 1 atom stereocenters. The van der Waals surface area contributed by atoms with E-state index < -0.39 is 10.0 Å². The van der Waals surface area contributed by atoms with Crippen molar-refractivity contribution in [2.45, 2.75) is 40.2 Å². The van der Waals surface area contributed by atoms with E-state index in [1.54, 1.807) is 0 Å². The van der Waals surface area contributed by atoms with Gasteiger partial charge in [-0.25, -0.2) is 13.1 Å². The third kappa shape index (κ3) is 6.87. The molecule has 5 heteroatoms. The van der Waals surface area contributed by atoms with Gasteiger partial charge in [-0.1, -0.05) is 20.8 Å². The topological polar surface area (TPSA) is 58.2 Å². The van der Waals surface area contributed by atoms with Gasteiger partial charge in [0.2, 0.25) is 10.0 Å². The van der Waals surface area contributed by atoms with Crippen LogP contribution in [0, 0.1) is 5.41 Å². The van der Waals surface area contributed by atoms with Gasteiger partial charge in [0, 0.05) is 6.04 Å². The van der Waals surface area contributed by atoms with Crippen LogP contribution in [0.15, 0.2) is 0 Å². The van der Waals surface area contributed by atoms with E-state index in [1.807, 2.05) is 34.7 Å². The number of hydrogen-bond acceptors (Lipinski definition) is 3. The molecule has 0 saturated heterocycles. The van der Waals surface area contributed by atoms with Crippen LogP contribution in [0.2, 0.25) is 0 Å². The molecule has 0 aliphatic heterocycles. The van der Waals surface area contributed by atoms with Crippen molar-refractivity contribution in [2.75, 3.05) is 19.3 Å². The first kappa shape index (κ1) is 14.9. The smallest absolute Gasteiger partial charge is 0.211 e. The molecule has 0 aromatic carbocycles. The summed E-state index contributed by atoms with van der Waals surface area (Å²) in [6.07, 6.45) is 0.642. The summed E-state index contributed by atoms with van der Waals surface area (Å²) in [5, 5.41) is 2.93. The van der Waals surface area contributed by atoms with Gasteiger partial charge < -0.3 is 5.32 Å². The highest BCUT2D eigenvalue weighted by Gasteiger charge is 2.24. The Bertz CT molecular complexity index is 268. The van der Waals surface area contributed by atoms with E-state index in [1.165, 1.54) is 0 Å². The molecule has 0 aliphatic carbocycles. The Morgan fingerprint density at radius 1 is 1.27 bits per heavy atom. The summed E-state index contributed by atoms with van der Waals surface area (Å²) in [5.74, 6) is 0.189. The van der Waals surface area contributed by atoms with E-state index in [0.717, 1.165) is 6.54 Å². The quantitative estimate of drug-likeness (QED) is 0.675. The predicted octanol–water partition coefficient (Wildman–Crippen LogP) is 0.950. The summed E-state index contributed by atoms with van der Waals surface area (Å²) in [5.41, 5.74) is -0.0456. The molecule has 0 bridgehead atoms. The zero-order valence-electron chi connectivity index (χ0n) is 10.4. The zero-order chi connectivity index (χ0) is 12.1. The van der Waals surface area contributed by atoms with Crippen molar-refractivity contribution >= 4 is 10.0 Å². The van der Waals surface area contributed by atoms with Gasteiger partial charge in [-0.3, -0.25) is 0 Å². The number of nitrogens with one attached hydrogen (secondary N) is 2. The number of sulfonamides is 1. The van der Waals surface area contributed by atoms with Crippen LogP contribution in [0.1, 0.15) is 34.1 Å². The van der Waals surface area contributed by atoms with E-state index in [9.17, 15) is 8.42 Å². The van der Waals surface area contributed by atoms with Crippen molar-refractivity contribution in [3.8, 4) is 0 Å². The van der Waals surface area contributed by atoms with Gasteiger partial charge in [0.25, 0.3) is 0 Å². The maximum atomic E-state index is 11.6. The second-order valence-corrected chi connectivity index (χ2v) is 6.85. The molecule has 4 nitrogen and oxygen atoms in total. The Kier molecular flexibility index (Phi) is 5.77. The molecule has 0 aromatic heterocycles. The van der Waals surface area contributed by atoms with Gasteiger partial charge in [0.15, 0.2) is 0 Å². The Hall–Kier alpha value is -0.130. The van der Waals surface area contributed by atoms with E-state index >= 15 is 0 Å². The Balaban J connectivity index is 4.15. The molecule has 1 unspecified atom stereocenters. The summed E-state index contributed by atoms with van der Waals surface area (Å²) in [6.45, 7) is 8.69. The molecule has 0 spiro atoms. The van der Waals surface area contributed by atoms with E-state index in [0.29, 0.717) is 6.42 Å². The van der Waals surface area contributed by atoms with Crippen molar-refractivity contribution < 1.29 is 8.42 Å². The second kappa shape index (κ2) is 5.82. The highest BCUT2D eigenvalue weighted by Crippen LogP contribution is 2.19. The maximum absolute atomic E-state index is 11.6. The lowest BCUT2D eigenvalue weighted by Gasteiger charge is -2.27. The van der Waals surface area contributed by atoms with Gasteiger partial charge in [-0.2, -0.15) is 0 Å². The lowest BCUT2D eigenvalue weighted by atomic mass is 9.89. The van der Waals surface area contributed by atoms with Gasteiger partial charge in [-0.05, 0) is 32.4 Å². The standard InChI is InChI=1S/C10H24N2O2S/c1-9(10(2,3)4)12-15(13,14)8-6-7-11-5/h9,11-12H,6-8H2,1-5H3. The molecule has 0 rings (SSSR count). The SMILES string of the molecule is CNCCCS(=O)(=O)NC(C)C(C)(C)C. The maximum Gasteiger partial charge on any atom is 0.211 e. The molecule has 0 saturated carbocycles. The summed E-state index contributed by atoms with van der Waals surface area (Å²) in [6, 6.07) is -0.0444. The fourth-order valence-corrected chi connectivity index (χ4v) is 2.48. The highest BCUT2D eigenvalue weighted by atomic mass is 32.2. The average molecular weight is 236 g/mol. The molecule has 0 aromatic rings. The third-order valence-electron chi connectivity index (χ3n) is 2.50. The fourth-order valence-electron chi connectivity index (χ4n) is 0.944. The molecule has 0 fully saturated rings. The first-order valence-electron chi connectivity index (χ1n) is 5.33. The minimum Gasteiger partial charge on any atom is -0.320 e. The van der Waals surface area contributed by atoms with Crippen molar-refractivity contribution in [3.05, 3.63) is 0 Å². The lowest BCUT2D eigenvalue weighted by molar-refractivity contribution is 0.317. The molecular formula is C10H24N2O2S. The van der Waals surface area contributed by atoms with E-state index in [-0.39, 0.29) is 17.2 Å². The summed E-state index contributed by atoms with van der Waals surface area (Å²) >= 11 is 0. The van der Waals surface area contributed by atoms with Crippen LogP contribution < -0.4 is 10.0 Å². The van der Waals surface area contributed by atoms with Gasteiger partial charge in [0.1, 0.15) is 0 Å². The van der Waals surface area contributed by atoms with Crippen LogP contribution in [0.3, 0.4) is 0 Å². The number of hydrogen-bond donors (Lipinski definition) is 2. The molecule has 0 amide bonds. The first-order chi connectivity index (χ1) is 6.69. The molecule has 0 radical (unpaired) electrons. The van der Waals surface area contributed by atoms with Gasteiger partial charge in [-0.15, -0.1) is 0 Å². The van der Waals surface area contributed by atoms with Crippen LogP contribution in [0.4, 0.5) is 0 Å². The normalized spacial score (nSPS) is 15.3. The summed E-state index contributed by atoms with van der Waals surface area (Å²) < 4.78 is 25.9. The van der Waals surface area contributed by atoms with E-state index in [2.05, 4.69) is 10.0 Å². The van der Waals surface area contributed by atoms with Gasteiger partial charge >= 0.3 is 0 Å². The molecule has 0 heterocycles. The van der Waals surface area contributed by atoms with Crippen molar-refractivity contribution in [3.63, 3.8) is 0 Å².